The first-order chi connectivity index (χ1) is 9.99. The molecule has 3 heteroatoms. The molecule has 0 saturated carbocycles. The first-order valence-corrected chi connectivity index (χ1v) is 8.09. The third-order valence-electron chi connectivity index (χ3n) is 4.27. The molecule has 0 spiro atoms. The monoisotopic (exact) mass is 290 g/mol. The maximum Gasteiger partial charge on any atom is 0.222 e. The van der Waals surface area contributed by atoms with E-state index in [1.54, 1.807) is 0 Å². The fourth-order valence-electron chi connectivity index (χ4n) is 2.58. The molecule has 2 atom stereocenters. The molecule has 1 aromatic rings. The number of benzene rings is 1. The van der Waals surface area contributed by atoms with E-state index in [9.17, 15) is 4.79 Å². The van der Waals surface area contributed by atoms with Crippen LogP contribution >= 0.6 is 0 Å². The minimum Gasteiger partial charge on any atom is -0.349 e. The van der Waals surface area contributed by atoms with Crippen LogP contribution in [-0.2, 0) is 4.79 Å². The van der Waals surface area contributed by atoms with Gasteiger partial charge in [0.1, 0.15) is 0 Å². The average molecular weight is 290 g/mol. The zero-order valence-electron chi connectivity index (χ0n) is 13.8. The molecule has 0 heterocycles. The van der Waals surface area contributed by atoms with Crippen molar-refractivity contribution in [3.63, 3.8) is 0 Å². The van der Waals surface area contributed by atoms with Crippen molar-refractivity contribution in [3.05, 3.63) is 35.9 Å². The van der Waals surface area contributed by atoms with Crippen LogP contribution in [0.25, 0.3) is 0 Å². The Balaban J connectivity index is 2.81. The SMILES string of the molecule is CCC(CC)C(NC(=O)CC(N)C(C)C)c1ccccc1. The summed E-state index contributed by atoms with van der Waals surface area (Å²) < 4.78 is 0. The predicted molar refractivity (Wildman–Crippen MR) is 88.8 cm³/mol. The van der Waals surface area contributed by atoms with Crippen molar-refractivity contribution in [2.75, 3.05) is 0 Å². The molecular formula is C18H30N2O. The largest absolute Gasteiger partial charge is 0.349 e. The van der Waals surface area contributed by atoms with Gasteiger partial charge in [-0.3, -0.25) is 4.79 Å². The molecule has 0 aromatic heterocycles. The van der Waals surface area contributed by atoms with Gasteiger partial charge in [-0.2, -0.15) is 0 Å². The highest BCUT2D eigenvalue weighted by molar-refractivity contribution is 5.77. The van der Waals surface area contributed by atoms with Crippen molar-refractivity contribution < 1.29 is 4.79 Å². The van der Waals surface area contributed by atoms with Gasteiger partial charge in [0.25, 0.3) is 0 Å². The number of amides is 1. The standard InChI is InChI=1S/C18H30N2O/c1-5-14(6-2)18(15-10-8-7-9-11-15)20-17(21)12-16(19)13(3)4/h7-11,13-14,16,18H,5-6,12,19H2,1-4H3,(H,20,21). The van der Waals surface area contributed by atoms with E-state index in [0.717, 1.165) is 12.8 Å². The Morgan fingerprint density at radius 3 is 2.19 bits per heavy atom. The molecule has 1 rings (SSSR count). The number of hydrogen-bond acceptors (Lipinski definition) is 2. The number of rotatable bonds is 8. The summed E-state index contributed by atoms with van der Waals surface area (Å²) in [5.41, 5.74) is 7.19. The van der Waals surface area contributed by atoms with Crippen LogP contribution in [0.1, 0.15) is 58.6 Å². The second kappa shape index (κ2) is 8.83. The summed E-state index contributed by atoms with van der Waals surface area (Å²) in [7, 11) is 0. The smallest absolute Gasteiger partial charge is 0.222 e. The Hall–Kier alpha value is -1.35. The predicted octanol–water partition coefficient (Wildman–Crippen LogP) is 3.65. The highest BCUT2D eigenvalue weighted by atomic mass is 16.1. The molecule has 3 N–H and O–H groups in total. The van der Waals surface area contributed by atoms with Gasteiger partial charge in [-0.05, 0) is 17.4 Å². The van der Waals surface area contributed by atoms with Gasteiger partial charge in [0.05, 0.1) is 6.04 Å². The van der Waals surface area contributed by atoms with Crippen LogP contribution in [0.2, 0.25) is 0 Å². The minimum absolute atomic E-state index is 0.0527. The third kappa shape index (κ3) is 5.50. The molecule has 0 aliphatic rings. The van der Waals surface area contributed by atoms with E-state index in [1.165, 1.54) is 5.56 Å². The van der Waals surface area contributed by atoms with Crippen LogP contribution in [0.3, 0.4) is 0 Å². The Labute approximate surface area is 129 Å². The molecule has 1 aromatic carbocycles. The number of carbonyl (C=O) groups is 1. The van der Waals surface area contributed by atoms with Crippen LogP contribution in [0.5, 0.6) is 0 Å². The van der Waals surface area contributed by atoms with E-state index < -0.39 is 0 Å². The Morgan fingerprint density at radius 1 is 1.14 bits per heavy atom. The molecule has 21 heavy (non-hydrogen) atoms. The Morgan fingerprint density at radius 2 is 1.71 bits per heavy atom. The number of nitrogens with one attached hydrogen (secondary N) is 1. The lowest BCUT2D eigenvalue weighted by molar-refractivity contribution is -0.122. The summed E-state index contributed by atoms with van der Waals surface area (Å²) in [5.74, 6) is 0.822. The van der Waals surface area contributed by atoms with Gasteiger partial charge in [-0.25, -0.2) is 0 Å². The van der Waals surface area contributed by atoms with Gasteiger partial charge in [0, 0.05) is 12.5 Å². The van der Waals surface area contributed by atoms with E-state index in [2.05, 4.69) is 31.3 Å². The normalized spacial score (nSPS) is 14.2. The maximum atomic E-state index is 12.3. The van der Waals surface area contributed by atoms with Crippen LogP contribution in [0, 0.1) is 11.8 Å². The van der Waals surface area contributed by atoms with Gasteiger partial charge in [0.2, 0.25) is 5.91 Å². The van der Waals surface area contributed by atoms with E-state index in [4.69, 9.17) is 5.73 Å². The van der Waals surface area contributed by atoms with Crippen molar-refractivity contribution in [2.45, 2.75) is 59.0 Å². The van der Waals surface area contributed by atoms with E-state index in [0.29, 0.717) is 18.3 Å². The van der Waals surface area contributed by atoms with Crippen molar-refractivity contribution in [1.29, 1.82) is 0 Å². The molecule has 118 valence electrons. The van der Waals surface area contributed by atoms with Crippen molar-refractivity contribution in [3.8, 4) is 0 Å². The fourth-order valence-corrected chi connectivity index (χ4v) is 2.58. The Kier molecular flexibility index (Phi) is 7.44. The molecule has 3 nitrogen and oxygen atoms in total. The van der Waals surface area contributed by atoms with Gasteiger partial charge >= 0.3 is 0 Å². The summed E-state index contributed by atoms with van der Waals surface area (Å²) in [6.07, 6.45) is 2.49. The summed E-state index contributed by atoms with van der Waals surface area (Å²) >= 11 is 0. The number of nitrogens with two attached hydrogens (primary N) is 1. The molecule has 0 radical (unpaired) electrons. The third-order valence-corrected chi connectivity index (χ3v) is 4.27. The van der Waals surface area contributed by atoms with Gasteiger partial charge < -0.3 is 11.1 Å². The topological polar surface area (TPSA) is 55.1 Å². The van der Waals surface area contributed by atoms with E-state index >= 15 is 0 Å². The van der Waals surface area contributed by atoms with E-state index in [1.807, 2.05) is 32.0 Å². The highest BCUT2D eigenvalue weighted by Crippen LogP contribution is 2.27. The molecule has 1 amide bonds. The first kappa shape index (κ1) is 17.7. The van der Waals surface area contributed by atoms with Crippen LogP contribution in [-0.4, -0.2) is 11.9 Å². The van der Waals surface area contributed by atoms with Gasteiger partial charge in [0.15, 0.2) is 0 Å². The van der Waals surface area contributed by atoms with Crippen molar-refractivity contribution >= 4 is 5.91 Å². The quantitative estimate of drug-likeness (QED) is 0.767. The minimum atomic E-state index is -0.0804. The number of carbonyl (C=O) groups excluding carboxylic acids is 1. The summed E-state index contributed by atoms with van der Waals surface area (Å²) in [4.78, 5) is 12.3. The molecular weight excluding hydrogens is 260 g/mol. The van der Waals surface area contributed by atoms with Crippen LogP contribution < -0.4 is 11.1 Å². The zero-order valence-corrected chi connectivity index (χ0v) is 13.8. The van der Waals surface area contributed by atoms with Crippen LogP contribution in [0.4, 0.5) is 0 Å². The summed E-state index contributed by atoms with van der Waals surface area (Å²) in [6, 6.07) is 10.2. The second-order valence-electron chi connectivity index (χ2n) is 6.14. The molecule has 0 fully saturated rings. The van der Waals surface area contributed by atoms with Gasteiger partial charge in [-0.15, -0.1) is 0 Å². The van der Waals surface area contributed by atoms with Crippen molar-refractivity contribution in [1.82, 2.24) is 5.32 Å². The Bertz CT molecular complexity index is 412. The maximum absolute atomic E-state index is 12.3. The van der Waals surface area contributed by atoms with Gasteiger partial charge in [-0.1, -0.05) is 70.9 Å². The molecule has 2 unspecified atom stereocenters. The molecule has 0 aliphatic carbocycles. The van der Waals surface area contributed by atoms with Crippen LogP contribution in [0.15, 0.2) is 30.3 Å². The molecule has 0 aliphatic heterocycles. The van der Waals surface area contributed by atoms with Crippen molar-refractivity contribution in [2.24, 2.45) is 17.6 Å². The second-order valence-corrected chi connectivity index (χ2v) is 6.14. The van der Waals surface area contributed by atoms with E-state index in [-0.39, 0.29) is 18.0 Å². The average Bonchev–Trinajstić information content (AvgIpc) is 2.48. The molecule has 0 bridgehead atoms. The lowest BCUT2D eigenvalue weighted by atomic mass is 9.88. The number of hydrogen-bond donors (Lipinski definition) is 2. The fraction of sp³-hybridized carbons (Fsp3) is 0.611. The lowest BCUT2D eigenvalue weighted by Gasteiger charge is -2.28. The summed E-state index contributed by atoms with van der Waals surface area (Å²) in [5, 5.41) is 3.20. The lowest BCUT2D eigenvalue weighted by Crippen LogP contribution is -2.38. The highest BCUT2D eigenvalue weighted by Gasteiger charge is 2.23. The first-order valence-electron chi connectivity index (χ1n) is 8.09. The molecule has 0 saturated heterocycles. The zero-order chi connectivity index (χ0) is 15.8. The summed E-state index contributed by atoms with van der Waals surface area (Å²) in [6.45, 7) is 8.45.